The Labute approximate surface area is 98.3 Å². The fourth-order valence-corrected chi connectivity index (χ4v) is 1.30. The lowest BCUT2D eigenvalue weighted by Crippen LogP contribution is -2.08. The van der Waals surface area contributed by atoms with Crippen LogP contribution in [0.25, 0.3) is 0 Å². The van der Waals surface area contributed by atoms with Gasteiger partial charge in [0.15, 0.2) is 0 Å². The van der Waals surface area contributed by atoms with Gasteiger partial charge in [0, 0.05) is 5.69 Å². The van der Waals surface area contributed by atoms with Crippen molar-refractivity contribution in [2.75, 3.05) is 5.73 Å². The van der Waals surface area contributed by atoms with Crippen LogP contribution in [-0.4, -0.2) is 11.1 Å². The van der Waals surface area contributed by atoms with Gasteiger partial charge in [0.25, 0.3) is 0 Å². The van der Waals surface area contributed by atoms with Crippen molar-refractivity contribution in [2.24, 2.45) is 0 Å². The number of anilines is 1. The molecule has 0 spiro atoms. The number of rotatable bonds is 2. The number of nitrogen functional groups attached to an aromatic ring is 1. The third kappa shape index (κ3) is 2.75. The van der Waals surface area contributed by atoms with Gasteiger partial charge >= 0.3 is 5.97 Å². The number of hydrogen-bond donors (Lipinski definition) is 2. The van der Waals surface area contributed by atoms with Gasteiger partial charge in [-0.3, -0.25) is 0 Å². The van der Waals surface area contributed by atoms with Crippen LogP contribution in [0.2, 0.25) is 0 Å². The first-order valence-corrected chi connectivity index (χ1v) is 5.02. The number of phenolic OH excluding ortho intramolecular Hbond substituents is 1. The number of benzene rings is 2. The summed E-state index contributed by atoms with van der Waals surface area (Å²) in [5.74, 6) is 0.0394. The Balaban J connectivity index is 2.11. The van der Waals surface area contributed by atoms with E-state index >= 15 is 0 Å². The Hall–Kier alpha value is -2.49. The number of carbonyl (C=O) groups excluding carboxylic acids is 1. The number of esters is 1. The van der Waals surface area contributed by atoms with Crippen LogP contribution in [0.1, 0.15) is 10.4 Å². The summed E-state index contributed by atoms with van der Waals surface area (Å²) in [4.78, 5) is 11.7. The van der Waals surface area contributed by atoms with Gasteiger partial charge in [-0.15, -0.1) is 0 Å². The highest BCUT2D eigenvalue weighted by Gasteiger charge is 2.07. The van der Waals surface area contributed by atoms with Crippen molar-refractivity contribution in [3.63, 3.8) is 0 Å². The average Bonchev–Trinajstić information content (AvgIpc) is 2.33. The van der Waals surface area contributed by atoms with Crippen LogP contribution in [-0.2, 0) is 0 Å². The summed E-state index contributed by atoms with van der Waals surface area (Å²) >= 11 is 0. The Morgan fingerprint density at radius 2 is 1.59 bits per heavy atom. The molecule has 0 atom stereocenters. The minimum Gasteiger partial charge on any atom is -0.508 e. The average molecular weight is 229 g/mol. The third-order valence-corrected chi connectivity index (χ3v) is 2.19. The van der Waals surface area contributed by atoms with Gasteiger partial charge in [-0.1, -0.05) is 0 Å². The second-order valence-corrected chi connectivity index (χ2v) is 3.51. The highest BCUT2D eigenvalue weighted by atomic mass is 16.5. The fourth-order valence-electron chi connectivity index (χ4n) is 1.30. The molecular formula is C13H11NO3. The van der Waals surface area contributed by atoms with E-state index in [0.717, 1.165) is 0 Å². The molecule has 0 unspecified atom stereocenters. The van der Waals surface area contributed by atoms with Crippen molar-refractivity contribution in [1.29, 1.82) is 0 Å². The number of nitrogens with two attached hydrogens (primary N) is 1. The molecule has 0 aliphatic carbocycles. The van der Waals surface area contributed by atoms with Crippen LogP contribution < -0.4 is 10.5 Å². The standard InChI is InChI=1S/C13H11NO3/c14-10-3-1-9(2-4-10)13(16)17-12-7-5-11(15)6-8-12/h1-8,15H,14H2. The largest absolute Gasteiger partial charge is 0.508 e. The summed E-state index contributed by atoms with van der Waals surface area (Å²) in [7, 11) is 0. The Morgan fingerprint density at radius 3 is 2.18 bits per heavy atom. The van der Waals surface area contributed by atoms with E-state index in [0.29, 0.717) is 17.0 Å². The number of carbonyl (C=O) groups is 1. The lowest BCUT2D eigenvalue weighted by atomic mass is 10.2. The third-order valence-electron chi connectivity index (χ3n) is 2.19. The van der Waals surface area contributed by atoms with Crippen molar-refractivity contribution < 1.29 is 14.6 Å². The first-order chi connectivity index (χ1) is 8.15. The summed E-state index contributed by atoms with van der Waals surface area (Å²) in [6, 6.07) is 12.4. The number of hydrogen-bond acceptors (Lipinski definition) is 4. The molecule has 0 bridgehead atoms. The Morgan fingerprint density at radius 1 is 1.00 bits per heavy atom. The van der Waals surface area contributed by atoms with E-state index in [4.69, 9.17) is 15.6 Å². The molecule has 0 heterocycles. The van der Waals surface area contributed by atoms with Gasteiger partial charge in [0.1, 0.15) is 11.5 Å². The lowest BCUT2D eigenvalue weighted by Gasteiger charge is -2.04. The smallest absolute Gasteiger partial charge is 0.343 e. The van der Waals surface area contributed by atoms with Gasteiger partial charge < -0.3 is 15.6 Å². The molecule has 17 heavy (non-hydrogen) atoms. The van der Waals surface area contributed by atoms with Crippen LogP contribution >= 0.6 is 0 Å². The number of ether oxygens (including phenoxy) is 1. The molecule has 86 valence electrons. The highest BCUT2D eigenvalue weighted by molar-refractivity contribution is 5.91. The minimum atomic E-state index is -0.462. The second kappa shape index (κ2) is 4.57. The predicted molar refractivity (Wildman–Crippen MR) is 63.9 cm³/mol. The van der Waals surface area contributed by atoms with Crippen molar-refractivity contribution in [3.05, 3.63) is 54.1 Å². The summed E-state index contributed by atoms with van der Waals surface area (Å²) < 4.78 is 5.10. The van der Waals surface area contributed by atoms with Crippen molar-refractivity contribution in [2.45, 2.75) is 0 Å². The van der Waals surface area contributed by atoms with Gasteiger partial charge in [-0.2, -0.15) is 0 Å². The van der Waals surface area contributed by atoms with E-state index in [-0.39, 0.29) is 5.75 Å². The van der Waals surface area contributed by atoms with Crippen molar-refractivity contribution >= 4 is 11.7 Å². The Bertz CT molecular complexity index is 517. The SMILES string of the molecule is Nc1ccc(C(=O)Oc2ccc(O)cc2)cc1. The number of phenols is 1. The molecule has 0 aliphatic rings. The predicted octanol–water partition coefficient (Wildman–Crippen LogP) is 2.19. The van der Waals surface area contributed by atoms with E-state index in [2.05, 4.69) is 0 Å². The molecule has 2 aromatic carbocycles. The lowest BCUT2D eigenvalue weighted by molar-refractivity contribution is 0.0734. The molecule has 4 nitrogen and oxygen atoms in total. The molecule has 4 heteroatoms. The fraction of sp³-hybridized carbons (Fsp3) is 0. The maximum absolute atomic E-state index is 11.7. The van der Waals surface area contributed by atoms with E-state index in [9.17, 15) is 4.79 Å². The summed E-state index contributed by atoms with van der Waals surface area (Å²) in [6.07, 6.45) is 0. The molecule has 0 aromatic heterocycles. The normalized spacial score (nSPS) is 9.88. The van der Waals surface area contributed by atoms with Gasteiger partial charge in [0.05, 0.1) is 5.56 Å². The first-order valence-electron chi connectivity index (χ1n) is 5.02. The molecule has 0 aliphatic heterocycles. The molecule has 0 radical (unpaired) electrons. The molecule has 0 fully saturated rings. The van der Waals surface area contributed by atoms with Gasteiger partial charge in [0.2, 0.25) is 0 Å². The maximum Gasteiger partial charge on any atom is 0.343 e. The zero-order chi connectivity index (χ0) is 12.3. The zero-order valence-electron chi connectivity index (χ0n) is 8.96. The topological polar surface area (TPSA) is 72.6 Å². The van der Waals surface area contributed by atoms with E-state index < -0.39 is 5.97 Å². The quantitative estimate of drug-likeness (QED) is 0.470. The van der Waals surface area contributed by atoms with E-state index in [1.54, 1.807) is 24.3 Å². The second-order valence-electron chi connectivity index (χ2n) is 3.51. The minimum absolute atomic E-state index is 0.122. The molecule has 3 N–H and O–H groups in total. The summed E-state index contributed by atoms with van der Waals surface area (Å²) in [5.41, 5.74) is 6.53. The van der Waals surface area contributed by atoms with Crippen LogP contribution in [0.3, 0.4) is 0 Å². The van der Waals surface area contributed by atoms with Gasteiger partial charge in [-0.25, -0.2) is 4.79 Å². The molecule has 2 rings (SSSR count). The molecule has 0 saturated carbocycles. The molecule has 2 aromatic rings. The number of aromatic hydroxyl groups is 1. The first kappa shape index (κ1) is 11.0. The summed E-state index contributed by atoms with van der Waals surface area (Å²) in [6.45, 7) is 0. The monoisotopic (exact) mass is 229 g/mol. The van der Waals surface area contributed by atoms with Crippen molar-refractivity contribution in [1.82, 2.24) is 0 Å². The van der Waals surface area contributed by atoms with E-state index in [1.165, 1.54) is 24.3 Å². The molecule has 0 amide bonds. The molecule has 0 saturated heterocycles. The molecular weight excluding hydrogens is 218 g/mol. The van der Waals surface area contributed by atoms with E-state index in [1.807, 2.05) is 0 Å². The zero-order valence-corrected chi connectivity index (χ0v) is 8.96. The highest BCUT2D eigenvalue weighted by Crippen LogP contribution is 2.17. The Kier molecular flexibility index (Phi) is 2.96. The van der Waals surface area contributed by atoms with Crippen LogP contribution in [0.5, 0.6) is 11.5 Å². The van der Waals surface area contributed by atoms with Crippen LogP contribution in [0.4, 0.5) is 5.69 Å². The van der Waals surface area contributed by atoms with Gasteiger partial charge in [-0.05, 0) is 48.5 Å². The van der Waals surface area contributed by atoms with Crippen LogP contribution in [0.15, 0.2) is 48.5 Å². The maximum atomic E-state index is 11.7. The van der Waals surface area contributed by atoms with Crippen LogP contribution in [0, 0.1) is 0 Å². The summed E-state index contributed by atoms with van der Waals surface area (Å²) in [5, 5.41) is 9.08. The van der Waals surface area contributed by atoms with Crippen molar-refractivity contribution in [3.8, 4) is 11.5 Å².